The molecule has 1 aliphatic carbocycles. The Bertz CT molecular complexity index is 386. The second-order valence-electron chi connectivity index (χ2n) is 4.77. The first-order chi connectivity index (χ1) is 8.22. The Morgan fingerprint density at radius 3 is 2.59 bits per heavy atom. The van der Waals surface area contributed by atoms with E-state index in [-0.39, 0.29) is 11.2 Å². The number of benzene rings is 1. The van der Waals surface area contributed by atoms with Gasteiger partial charge >= 0.3 is 0 Å². The van der Waals surface area contributed by atoms with E-state index < -0.39 is 0 Å². The highest BCUT2D eigenvalue weighted by Gasteiger charge is 2.36. The van der Waals surface area contributed by atoms with Gasteiger partial charge in [0, 0.05) is 18.0 Å². The lowest BCUT2D eigenvalue weighted by molar-refractivity contribution is 0.336. The summed E-state index contributed by atoms with van der Waals surface area (Å²) < 4.78 is 19.4. The zero-order valence-electron chi connectivity index (χ0n) is 10.3. The Morgan fingerprint density at radius 1 is 1.35 bits per heavy atom. The van der Waals surface area contributed by atoms with E-state index >= 15 is 0 Å². The van der Waals surface area contributed by atoms with Gasteiger partial charge in [0.1, 0.15) is 11.6 Å². The van der Waals surface area contributed by atoms with E-state index in [0.29, 0.717) is 18.9 Å². The summed E-state index contributed by atoms with van der Waals surface area (Å²) in [6, 6.07) is 5.17. The molecule has 0 saturated heterocycles. The SMILES string of the molecule is CCOc1ccc(C2(CN)CCCC2)c(F)c1. The van der Waals surface area contributed by atoms with Crippen molar-refractivity contribution in [1.29, 1.82) is 0 Å². The fourth-order valence-corrected chi connectivity index (χ4v) is 2.82. The molecule has 2 rings (SSSR count). The Morgan fingerprint density at radius 2 is 2.06 bits per heavy atom. The summed E-state index contributed by atoms with van der Waals surface area (Å²) in [5.41, 5.74) is 6.49. The molecule has 0 aromatic heterocycles. The zero-order valence-corrected chi connectivity index (χ0v) is 10.3. The van der Waals surface area contributed by atoms with Crippen LogP contribution in [-0.4, -0.2) is 13.2 Å². The van der Waals surface area contributed by atoms with E-state index in [1.807, 2.05) is 19.1 Å². The molecule has 2 N–H and O–H groups in total. The molecule has 1 saturated carbocycles. The van der Waals surface area contributed by atoms with Crippen molar-refractivity contribution in [3.63, 3.8) is 0 Å². The van der Waals surface area contributed by atoms with E-state index in [1.165, 1.54) is 6.07 Å². The summed E-state index contributed by atoms with van der Waals surface area (Å²) in [5.74, 6) is 0.419. The molecule has 1 fully saturated rings. The molecular weight excluding hydrogens is 217 g/mol. The Kier molecular flexibility index (Phi) is 3.67. The fourth-order valence-electron chi connectivity index (χ4n) is 2.82. The third-order valence-corrected chi connectivity index (χ3v) is 3.77. The topological polar surface area (TPSA) is 35.2 Å². The summed E-state index contributed by atoms with van der Waals surface area (Å²) in [6.45, 7) is 2.98. The van der Waals surface area contributed by atoms with Crippen LogP contribution in [0.5, 0.6) is 5.75 Å². The Hall–Kier alpha value is -1.09. The predicted molar refractivity (Wildman–Crippen MR) is 66.8 cm³/mol. The summed E-state index contributed by atoms with van der Waals surface area (Å²) in [7, 11) is 0. The van der Waals surface area contributed by atoms with Gasteiger partial charge in [-0.1, -0.05) is 18.9 Å². The Balaban J connectivity index is 2.31. The number of hydrogen-bond acceptors (Lipinski definition) is 2. The Labute approximate surface area is 102 Å². The number of hydrogen-bond donors (Lipinski definition) is 1. The van der Waals surface area contributed by atoms with Crippen LogP contribution in [0, 0.1) is 5.82 Å². The summed E-state index contributed by atoms with van der Waals surface area (Å²) >= 11 is 0. The number of rotatable bonds is 4. The number of nitrogens with two attached hydrogens (primary N) is 1. The van der Waals surface area contributed by atoms with E-state index in [2.05, 4.69) is 0 Å². The molecule has 0 heterocycles. The molecule has 1 aromatic carbocycles. The van der Waals surface area contributed by atoms with Gasteiger partial charge in [-0.3, -0.25) is 0 Å². The maximum atomic E-state index is 14.1. The molecule has 17 heavy (non-hydrogen) atoms. The van der Waals surface area contributed by atoms with Gasteiger partial charge in [0.2, 0.25) is 0 Å². The van der Waals surface area contributed by atoms with E-state index in [0.717, 1.165) is 31.2 Å². The van der Waals surface area contributed by atoms with Crippen molar-refractivity contribution in [2.75, 3.05) is 13.2 Å². The van der Waals surface area contributed by atoms with Crippen LogP contribution in [0.25, 0.3) is 0 Å². The molecule has 0 aliphatic heterocycles. The van der Waals surface area contributed by atoms with Crippen LogP contribution in [0.2, 0.25) is 0 Å². The van der Waals surface area contributed by atoms with Gasteiger partial charge in [-0.25, -0.2) is 4.39 Å². The molecule has 0 spiro atoms. The zero-order chi connectivity index (χ0) is 12.3. The van der Waals surface area contributed by atoms with Gasteiger partial charge in [-0.05, 0) is 31.4 Å². The van der Waals surface area contributed by atoms with Gasteiger partial charge in [0.05, 0.1) is 6.61 Å². The van der Waals surface area contributed by atoms with Crippen LogP contribution in [0.3, 0.4) is 0 Å². The first kappa shape index (κ1) is 12.4. The van der Waals surface area contributed by atoms with E-state index in [4.69, 9.17) is 10.5 Å². The first-order valence-corrected chi connectivity index (χ1v) is 6.35. The molecule has 3 heteroatoms. The van der Waals surface area contributed by atoms with Gasteiger partial charge in [-0.2, -0.15) is 0 Å². The molecule has 0 atom stereocenters. The lowest BCUT2D eigenvalue weighted by Gasteiger charge is -2.28. The average molecular weight is 237 g/mol. The van der Waals surface area contributed by atoms with Gasteiger partial charge in [0.25, 0.3) is 0 Å². The largest absolute Gasteiger partial charge is 0.494 e. The maximum Gasteiger partial charge on any atom is 0.130 e. The van der Waals surface area contributed by atoms with Crippen LogP contribution in [0.4, 0.5) is 4.39 Å². The number of ether oxygens (including phenoxy) is 1. The first-order valence-electron chi connectivity index (χ1n) is 6.35. The second kappa shape index (κ2) is 5.05. The van der Waals surface area contributed by atoms with Crippen molar-refractivity contribution in [3.8, 4) is 5.75 Å². The molecule has 1 aromatic rings. The average Bonchev–Trinajstić information content (AvgIpc) is 2.79. The van der Waals surface area contributed by atoms with Crippen molar-refractivity contribution in [2.45, 2.75) is 38.0 Å². The van der Waals surface area contributed by atoms with Gasteiger partial charge in [-0.15, -0.1) is 0 Å². The maximum absolute atomic E-state index is 14.1. The molecule has 1 aliphatic rings. The van der Waals surface area contributed by atoms with Crippen LogP contribution < -0.4 is 10.5 Å². The highest BCUT2D eigenvalue weighted by molar-refractivity contribution is 5.35. The molecule has 0 bridgehead atoms. The highest BCUT2D eigenvalue weighted by atomic mass is 19.1. The normalized spacial score (nSPS) is 18.3. The van der Waals surface area contributed by atoms with Crippen LogP contribution >= 0.6 is 0 Å². The third kappa shape index (κ3) is 2.29. The summed E-state index contributed by atoms with van der Waals surface area (Å²) in [4.78, 5) is 0. The lowest BCUT2D eigenvalue weighted by atomic mass is 9.78. The molecule has 2 nitrogen and oxygen atoms in total. The fraction of sp³-hybridized carbons (Fsp3) is 0.571. The van der Waals surface area contributed by atoms with Crippen LogP contribution in [0.15, 0.2) is 18.2 Å². The molecular formula is C14H20FNO. The quantitative estimate of drug-likeness (QED) is 0.873. The van der Waals surface area contributed by atoms with Gasteiger partial charge in [0.15, 0.2) is 0 Å². The van der Waals surface area contributed by atoms with Crippen LogP contribution in [0.1, 0.15) is 38.2 Å². The minimum absolute atomic E-state index is 0.144. The van der Waals surface area contributed by atoms with Crippen molar-refractivity contribution in [2.24, 2.45) is 5.73 Å². The van der Waals surface area contributed by atoms with Crippen molar-refractivity contribution >= 4 is 0 Å². The molecule has 94 valence electrons. The minimum Gasteiger partial charge on any atom is -0.494 e. The predicted octanol–water partition coefficient (Wildman–Crippen LogP) is 2.99. The van der Waals surface area contributed by atoms with E-state index in [9.17, 15) is 4.39 Å². The van der Waals surface area contributed by atoms with Crippen molar-refractivity contribution in [1.82, 2.24) is 0 Å². The number of halogens is 1. The van der Waals surface area contributed by atoms with E-state index in [1.54, 1.807) is 0 Å². The second-order valence-corrected chi connectivity index (χ2v) is 4.77. The standard InChI is InChI=1S/C14H20FNO/c1-2-17-11-5-6-12(13(15)9-11)14(10-16)7-3-4-8-14/h5-6,9H,2-4,7-8,10,16H2,1H3. The van der Waals surface area contributed by atoms with Gasteiger partial charge < -0.3 is 10.5 Å². The highest BCUT2D eigenvalue weighted by Crippen LogP contribution is 2.41. The molecule has 0 amide bonds. The smallest absolute Gasteiger partial charge is 0.130 e. The minimum atomic E-state index is -0.177. The van der Waals surface area contributed by atoms with Crippen molar-refractivity contribution in [3.05, 3.63) is 29.6 Å². The molecule has 0 unspecified atom stereocenters. The third-order valence-electron chi connectivity index (χ3n) is 3.77. The van der Waals surface area contributed by atoms with Crippen molar-refractivity contribution < 1.29 is 9.13 Å². The lowest BCUT2D eigenvalue weighted by Crippen LogP contribution is -2.33. The summed E-state index contributed by atoms with van der Waals surface area (Å²) in [5, 5.41) is 0. The van der Waals surface area contributed by atoms with Crippen LogP contribution in [-0.2, 0) is 5.41 Å². The monoisotopic (exact) mass is 237 g/mol. The summed E-state index contributed by atoms with van der Waals surface area (Å²) in [6.07, 6.45) is 4.27. The molecule has 0 radical (unpaired) electrons.